The third-order valence-electron chi connectivity index (χ3n) is 2.56. The quantitative estimate of drug-likeness (QED) is 0.564. The molecule has 0 bridgehead atoms. The van der Waals surface area contributed by atoms with Crippen LogP contribution in [0.4, 0.5) is 0 Å². The number of carboxylic acids is 1. The fourth-order valence-electron chi connectivity index (χ4n) is 1.76. The van der Waals surface area contributed by atoms with Crippen LogP contribution in [0.3, 0.4) is 0 Å². The van der Waals surface area contributed by atoms with E-state index in [2.05, 4.69) is 15.4 Å². The molecule has 1 atom stereocenters. The van der Waals surface area contributed by atoms with Crippen molar-refractivity contribution in [3.8, 4) is 0 Å². The van der Waals surface area contributed by atoms with Crippen molar-refractivity contribution >= 4 is 29.7 Å². The lowest BCUT2D eigenvalue weighted by Crippen LogP contribution is -2.51. The molecule has 18 heavy (non-hydrogen) atoms. The van der Waals surface area contributed by atoms with Crippen molar-refractivity contribution in [2.75, 3.05) is 0 Å². The summed E-state index contributed by atoms with van der Waals surface area (Å²) in [6.07, 6.45) is 1.53. The molecule has 92 valence electrons. The van der Waals surface area contributed by atoms with Crippen LogP contribution in [0, 0.1) is 0 Å². The Labute approximate surface area is 105 Å². The van der Waals surface area contributed by atoms with Crippen LogP contribution in [0.25, 0.3) is 6.08 Å². The topological polar surface area (TPSA) is 101 Å². The van der Waals surface area contributed by atoms with E-state index in [9.17, 15) is 9.59 Å². The van der Waals surface area contributed by atoms with Gasteiger partial charge in [0.05, 0.1) is 12.6 Å². The fourth-order valence-corrected chi connectivity index (χ4v) is 2.88. The highest BCUT2D eigenvalue weighted by Gasteiger charge is 2.49. The summed E-state index contributed by atoms with van der Waals surface area (Å²) in [5.41, 5.74) is 0.500. The maximum Gasteiger partial charge on any atom is 0.353 e. The normalized spacial score (nSPS) is 23.9. The number of carbonyl (C=O) groups excluding carboxylic acids is 1. The molecule has 8 nitrogen and oxygen atoms in total. The minimum absolute atomic E-state index is 0.0132. The van der Waals surface area contributed by atoms with E-state index in [1.165, 1.54) is 32.9 Å². The molecule has 0 aliphatic carbocycles. The first-order chi connectivity index (χ1) is 8.58. The molecule has 1 N–H and O–H groups in total. The number of fused-ring (bicyclic) bond motifs is 1. The van der Waals surface area contributed by atoms with Crippen molar-refractivity contribution in [1.29, 1.82) is 0 Å². The van der Waals surface area contributed by atoms with Gasteiger partial charge in [-0.1, -0.05) is 0 Å². The van der Waals surface area contributed by atoms with Gasteiger partial charge < -0.3 is 5.11 Å². The molecule has 2 aliphatic rings. The Bertz CT molecular complexity index is 619. The number of carbonyl (C=O) groups is 2. The monoisotopic (exact) mass is 265 g/mol. The molecule has 1 aromatic heterocycles. The van der Waals surface area contributed by atoms with Crippen LogP contribution >= 0.6 is 11.8 Å². The molecule has 9 heteroatoms. The molecule has 0 spiro atoms. The predicted molar refractivity (Wildman–Crippen MR) is 60.7 cm³/mol. The summed E-state index contributed by atoms with van der Waals surface area (Å²) >= 11 is 1.28. The SMILES string of the molecule is Cn1nnc(/C=C2\C(=O)N3C(C(=O)O)=CS[C@H]23)n1. The van der Waals surface area contributed by atoms with Gasteiger partial charge >= 0.3 is 5.97 Å². The summed E-state index contributed by atoms with van der Waals surface area (Å²) in [5.74, 6) is -1.09. The molecule has 0 unspecified atom stereocenters. The average Bonchev–Trinajstić information content (AvgIpc) is 2.89. The summed E-state index contributed by atoms with van der Waals surface area (Å²) in [6, 6.07) is 0. The summed E-state index contributed by atoms with van der Waals surface area (Å²) < 4.78 is 0. The van der Waals surface area contributed by atoms with E-state index in [1.54, 1.807) is 7.05 Å². The first kappa shape index (κ1) is 11.0. The van der Waals surface area contributed by atoms with Crippen LogP contribution in [0.1, 0.15) is 5.82 Å². The molecule has 1 amide bonds. The summed E-state index contributed by atoms with van der Waals surface area (Å²) in [5, 5.41) is 21.4. The van der Waals surface area contributed by atoms with Gasteiger partial charge in [-0.2, -0.15) is 4.80 Å². The molecule has 0 saturated carbocycles. The lowest BCUT2D eigenvalue weighted by molar-refractivity contribution is -0.141. The number of aromatic nitrogens is 4. The van der Waals surface area contributed by atoms with E-state index in [-0.39, 0.29) is 17.0 Å². The molecule has 0 radical (unpaired) electrons. The van der Waals surface area contributed by atoms with E-state index in [4.69, 9.17) is 5.11 Å². The Morgan fingerprint density at radius 3 is 3.00 bits per heavy atom. The highest BCUT2D eigenvalue weighted by atomic mass is 32.2. The number of thioether (sulfide) groups is 1. The molecule has 0 aromatic carbocycles. The van der Waals surface area contributed by atoms with Crippen molar-refractivity contribution in [3.63, 3.8) is 0 Å². The number of hydrogen-bond acceptors (Lipinski definition) is 6. The standard InChI is InChI=1S/C9H7N5O3S/c1-13-11-6(10-12-13)2-4-7(15)14-5(9(16)17)3-18-8(4)14/h2-3,8H,1H3,(H,16,17)/b4-2+/t8-/m1/s1. The predicted octanol–water partition coefficient (Wildman–Crippen LogP) is -0.565. The third-order valence-corrected chi connectivity index (χ3v) is 3.64. The van der Waals surface area contributed by atoms with Crippen LogP contribution < -0.4 is 0 Å². The lowest BCUT2D eigenvalue weighted by atomic mass is 10.0. The second kappa shape index (κ2) is 3.67. The van der Waals surface area contributed by atoms with Gasteiger partial charge in [-0.05, 0) is 11.3 Å². The van der Waals surface area contributed by atoms with Crippen LogP contribution in [0.5, 0.6) is 0 Å². The Balaban J connectivity index is 1.86. The average molecular weight is 265 g/mol. The maximum atomic E-state index is 11.8. The number of β-lactam (4-membered cyclic amide) rings is 1. The molecule has 2 aliphatic heterocycles. The Kier molecular flexibility index (Phi) is 2.23. The van der Waals surface area contributed by atoms with Gasteiger partial charge in [0.2, 0.25) is 0 Å². The molecule has 3 rings (SSSR count). The van der Waals surface area contributed by atoms with E-state index in [0.29, 0.717) is 11.4 Å². The van der Waals surface area contributed by atoms with Gasteiger partial charge in [-0.3, -0.25) is 9.69 Å². The summed E-state index contributed by atoms with van der Waals surface area (Å²) in [4.78, 5) is 25.2. The Hall–Kier alpha value is -2.16. The Morgan fingerprint density at radius 1 is 1.61 bits per heavy atom. The minimum Gasteiger partial charge on any atom is -0.477 e. The van der Waals surface area contributed by atoms with Crippen molar-refractivity contribution in [2.24, 2.45) is 7.05 Å². The number of amides is 1. The lowest BCUT2D eigenvalue weighted by Gasteiger charge is -2.36. The number of carboxylic acid groups (broad SMARTS) is 1. The van der Waals surface area contributed by atoms with E-state index >= 15 is 0 Å². The van der Waals surface area contributed by atoms with E-state index in [1.807, 2.05) is 0 Å². The molecular formula is C9H7N5O3S. The fraction of sp³-hybridized carbons (Fsp3) is 0.222. The molecule has 1 saturated heterocycles. The zero-order chi connectivity index (χ0) is 12.9. The number of nitrogens with zero attached hydrogens (tertiary/aromatic N) is 5. The van der Waals surface area contributed by atoms with Gasteiger partial charge in [0.1, 0.15) is 11.1 Å². The van der Waals surface area contributed by atoms with E-state index in [0.717, 1.165) is 0 Å². The highest BCUT2D eigenvalue weighted by molar-refractivity contribution is 8.03. The van der Waals surface area contributed by atoms with Crippen molar-refractivity contribution in [1.82, 2.24) is 25.1 Å². The van der Waals surface area contributed by atoms with Crippen LogP contribution in [-0.4, -0.2) is 47.5 Å². The second-order valence-corrected chi connectivity index (χ2v) is 4.66. The van der Waals surface area contributed by atoms with Gasteiger partial charge in [0, 0.05) is 5.41 Å². The third kappa shape index (κ3) is 1.44. The zero-order valence-corrected chi connectivity index (χ0v) is 9.96. The van der Waals surface area contributed by atoms with Crippen LogP contribution in [0.2, 0.25) is 0 Å². The zero-order valence-electron chi connectivity index (χ0n) is 9.14. The maximum absolute atomic E-state index is 11.8. The molecule has 3 heterocycles. The number of aryl methyl sites for hydroxylation is 1. The van der Waals surface area contributed by atoms with Crippen LogP contribution in [-0.2, 0) is 16.6 Å². The summed E-state index contributed by atoms with van der Waals surface area (Å²) in [7, 11) is 1.62. The molecular weight excluding hydrogens is 258 g/mol. The van der Waals surface area contributed by atoms with Gasteiger partial charge in [0.15, 0.2) is 5.82 Å². The first-order valence-electron chi connectivity index (χ1n) is 4.96. The molecule has 1 fully saturated rings. The van der Waals surface area contributed by atoms with Gasteiger partial charge in [0.25, 0.3) is 5.91 Å². The summed E-state index contributed by atoms with van der Waals surface area (Å²) in [6.45, 7) is 0. The van der Waals surface area contributed by atoms with Crippen molar-refractivity contribution < 1.29 is 14.7 Å². The van der Waals surface area contributed by atoms with Crippen molar-refractivity contribution in [2.45, 2.75) is 5.37 Å². The smallest absolute Gasteiger partial charge is 0.353 e. The van der Waals surface area contributed by atoms with Crippen LogP contribution in [0.15, 0.2) is 16.7 Å². The number of aliphatic carboxylic acids is 1. The number of hydrogen-bond donors (Lipinski definition) is 1. The van der Waals surface area contributed by atoms with Gasteiger partial charge in [-0.25, -0.2) is 4.79 Å². The second-order valence-electron chi connectivity index (χ2n) is 3.71. The van der Waals surface area contributed by atoms with E-state index < -0.39 is 5.97 Å². The van der Waals surface area contributed by atoms with Crippen molar-refractivity contribution in [3.05, 3.63) is 22.5 Å². The Morgan fingerprint density at radius 2 is 2.39 bits per heavy atom. The minimum atomic E-state index is -1.10. The highest BCUT2D eigenvalue weighted by Crippen LogP contribution is 2.44. The first-order valence-corrected chi connectivity index (χ1v) is 5.90. The van der Waals surface area contributed by atoms with Gasteiger partial charge in [-0.15, -0.1) is 22.0 Å². The number of rotatable bonds is 2. The number of tetrazole rings is 1. The molecule has 1 aromatic rings. The largest absolute Gasteiger partial charge is 0.477 e.